The second kappa shape index (κ2) is 6.24. The monoisotopic (exact) mass is 241 g/mol. The summed E-state index contributed by atoms with van der Waals surface area (Å²) < 4.78 is 0. The van der Waals surface area contributed by atoms with Crippen molar-refractivity contribution in [2.75, 3.05) is 39.8 Å². The first-order valence-electron chi connectivity index (χ1n) is 6.72. The van der Waals surface area contributed by atoms with Gasteiger partial charge in [-0.3, -0.25) is 0 Å². The van der Waals surface area contributed by atoms with Crippen LogP contribution < -0.4 is 5.32 Å². The summed E-state index contributed by atoms with van der Waals surface area (Å²) in [6.07, 6.45) is 2.34. The molecule has 0 aromatic heterocycles. The number of carbonyl (C=O) groups excluding carboxylic acids is 1. The van der Waals surface area contributed by atoms with Crippen molar-refractivity contribution in [2.45, 2.75) is 33.6 Å². The maximum Gasteiger partial charge on any atom is 0.317 e. The summed E-state index contributed by atoms with van der Waals surface area (Å²) in [4.78, 5) is 16.0. The van der Waals surface area contributed by atoms with Gasteiger partial charge in [0.05, 0.1) is 0 Å². The lowest BCUT2D eigenvalue weighted by Crippen LogP contribution is -2.47. The van der Waals surface area contributed by atoms with Gasteiger partial charge in [0.25, 0.3) is 0 Å². The topological polar surface area (TPSA) is 35.6 Å². The second-order valence-electron chi connectivity index (χ2n) is 5.44. The van der Waals surface area contributed by atoms with Gasteiger partial charge in [0.1, 0.15) is 0 Å². The Kier molecular flexibility index (Phi) is 5.25. The number of likely N-dealkylation sites (tertiary alicyclic amines) is 1. The third-order valence-corrected chi connectivity index (χ3v) is 3.91. The van der Waals surface area contributed by atoms with Crippen molar-refractivity contribution >= 4 is 6.03 Å². The Bertz CT molecular complexity index is 243. The van der Waals surface area contributed by atoms with Crippen LogP contribution in [0, 0.1) is 5.41 Å². The highest BCUT2D eigenvalue weighted by Gasteiger charge is 2.29. The van der Waals surface area contributed by atoms with Crippen LogP contribution in [0.4, 0.5) is 4.79 Å². The van der Waals surface area contributed by atoms with Gasteiger partial charge >= 0.3 is 6.03 Å². The van der Waals surface area contributed by atoms with Gasteiger partial charge in [-0.2, -0.15) is 0 Å². The Hall–Kier alpha value is -0.770. The first kappa shape index (κ1) is 14.3. The molecule has 0 atom stereocenters. The Morgan fingerprint density at radius 2 is 1.82 bits per heavy atom. The van der Waals surface area contributed by atoms with Crippen LogP contribution in [0.15, 0.2) is 0 Å². The number of nitrogens with one attached hydrogen (secondary N) is 1. The molecular formula is C13H27N3O. The van der Waals surface area contributed by atoms with E-state index in [1.54, 1.807) is 0 Å². The van der Waals surface area contributed by atoms with E-state index in [1.165, 1.54) is 12.8 Å². The van der Waals surface area contributed by atoms with Crippen LogP contribution in [0.2, 0.25) is 0 Å². The van der Waals surface area contributed by atoms with Crippen LogP contribution in [0.1, 0.15) is 33.6 Å². The van der Waals surface area contributed by atoms with Gasteiger partial charge in [0.2, 0.25) is 0 Å². The van der Waals surface area contributed by atoms with Crippen molar-refractivity contribution in [2.24, 2.45) is 5.41 Å². The van der Waals surface area contributed by atoms with Gasteiger partial charge in [-0.05, 0) is 52.2 Å². The first-order chi connectivity index (χ1) is 8.00. The van der Waals surface area contributed by atoms with Gasteiger partial charge in [-0.1, -0.05) is 6.92 Å². The van der Waals surface area contributed by atoms with Crippen LogP contribution in [0.5, 0.6) is 0 Å². The third-order valence-electron chi connectivity index (χ3n) is 3.91. The highest BCUT2D eigenvalue weighted by atomic mass is 16.2. The molecule has 0 aliphatic carbocycles. The molecule has 4 heteroatoms. The predicted octanol–water partition coefficient (Wildman–Crippen LogP) is 1.77. The molecule has 0 unspecified atom stereocenters. The van der Waals surface area contributed by atoms with E-state index in [4.69, 9.17) is 0 Å². The molecule has 0 aromatic rings. The van der Waals surface area contributed by atoms with E-state index in [9.17, 15) is 4.79 Å². The predicted molar refractivity (Wildman–Crippen MR) is 71.2 cm³/mol. The molecule has 1 fully saturated rings. The minimum absolute atomic E-state index is 0.0788. The normalized spacial score (nSPS) is 20.0. The SMILES string of the molecule is CCN(CC)C(=O)NCC1(C)CCN(C)CC1. The molecule has 0 bridgehead atoms. The average molecular weight is 241 g/mol. The number of hydrogen-bond donors (Lipinski definition) is 1. The fraction of sp³-hybridized carbons (Fsp3) is 0.923. The van der Waals surface area contributed by atoms with Crippen LogP contribution in [0.25, 0.3) is 0 Å². The highest BCUT2D eigenvalue weighted by Crippen LogP contribution is 2.29. The zero-order chi connectivity index (χ0) is 12.9. The maximum atomic E-state index is 11.9. The zero-order valence-electron chi connectivity index (χ0n) is 11.8. The minimum Gasteiger partial charge on any atom is -0.337 e. The summed E-state index contributed by atoms with van der Waals surface area (Å²) >= 11 is 0. The Morgan fingerprint density at radius 1 is 1.29 bits per heavy atom. The number of amides is 2. The molecule has 1 N–H and O–H groups in total. The minimum atomic E-state index is 0.0788. The first-order valence-corrected chi connectivity index (χ1v) is 6.72. The standard InChI is InChI=1S/C13H27N3O/c1-5-16(6-2)12(17)14-11-13(3)7-9-15(4)10-8-13/h5-11H2,1-4H3,(H,14,17). The number of piperidine rings is 1. The highest BCUT2D eigenvalue weighted by molar-refractivity contribution is 5.74. The van der Waals surface area contributed by atoms with Gasteiger partial charge in [0, 0.05) is 19.6 Å². The number of hydrogen-bond acceptors (Lipinski definition) is 2. The van der Waals surface area contributed by atoms with Crippen molar-refractivity contribution in [1.82, 2.24) is 15.1 Å². The fourth-order valence-corrected chi connectivity index (χ4v) is 2.25. The van der Waals surface area contributed by atoms with Gasteiger partial charge in [-0.15, -0.1) is 0 Å². The summed E-state index contributed by atoms with van der Waals surface area (Å²) in [7, 11) is 2.16. The number of carbonyl (C=O) groups is 1. The largest absolute Gasteiger partial charge is 0.337 e. The van der Waals surface area contributed by atoms with Crippen molar-refractivity contribution in [3.8, 4) is 0 Å². The van der Waals surface area contributed by atoms with Crippen LogP contribution in [-0.4, -0.2) is 55.6 Å². The molecule has 17 heavy (non-hydrogen) atoms. The summed E-state index contributed by atoms with van der Waals surface area (Å²) in [5.74, 6) is 0. The Morgan fingerprint density at radius 3 is 2.29 bits per heavy atom. The molecule has 0 radical (unpaired) electrons. The van der Waals surface area contributed by atoms with Crippen molar-refractivity contribution in [3.05, 3.63) is 0 Å². The second-order valence-corrected chi connectivity index (χ2v) is 5.44. The van der Waals surface area contributed by atoms with Gasteiger partial charge < -0.3 is 15.1 Å². The molecular weight excluding hydrogens is 214 g/mol. The maximum absolute atomic E-state index is 11.9. The van der Waals surface area contributed by atoms with E-state index < -0.39 is 0 Å². The third kappa shape index (κ3) is 4.19. The van der Waals surface area contributed by atoms with Crippen molar-refractivity contribution in [3.63, 3.8) is 0 Å². The van der Waals surface area contributed by atoms with E-state index in [0.29, 0.717) is 0 Å². The molecule has 2 amide bonds. The lowest BCUT2D eigenvalue weighted by molar-refractivity contribution is 0.134. The lowest BCUT2D eigenvalue weighted by Gasteiger charge is -2.38. The van der Waals surface area contributed by atoms with Crippen LogP contribution in [-0.2, 0) is 0 Å². The summed E-state index contributed by atoms with van der Waals surface area (Å²) in [5.41, 5.74) is 0.273. The van der Waals surface area contributed by atoms with Crippen molar-refractivity contribution in [1.29, 1.82) is 0 Å². The average Bonchev–Trinajstić information content (AvgIpc) is 2.33. The smallest absolute Gasteiger partial charge is 0.317 e. The Labute approximate surface area is 105 Å². The quantitative estimate of drug-likeness (QED) is 0.814. The summed E-state index contributed by atoms with van der Waals surface area (Å²) in [5, 5.41) is 3.08. The van der Waals surface area contributed by atoms with Gasteiger partial charge in [-0.25, -0.2) is 4.79 Å². The van der Waals surface area contributed by atoms with E-state index in [1.807, 2.05) is 18.7 Å². The molecule has 1 heterocycles. The summed E-state index contributed by atoms with van der Waals surface area (Å²) in [6, 6.07) is 0.0788. The number of nitrogens with zero attached hydrogens (tertiary/aromatic N) is 2. The zero-order valence-corrected chi connectivity index (χ0v) is 11.8. The van der Waals surface area contributed by atoms with Crippen molar-refractivity contribution < 1.29 is 4.79 Å². The molecule has 4 nitrogen and oxygen atoms in total. The molecule has 1 aliphatic rings. The van der Waals surface area contributed by atoms with E-state index in [2.05, 4.69) is 24.2 Å². The molecule has 100 valence electrons. The van der Waals surface area contributed by atoms with Gasteiger partial charge in [0.15, 0.2) is 0 Å². The van der Waals surface area contributed by atoms with Crippen LogP contribution in [0.3, 0.4) is 0 Å². The van der Waals surface area contributed by atoms with Crippen LogP contribution >= 0.6 is 0 Å². The summed E-state index contributed by atoms with van der Waals surface area (Å²) in [6.45, 7) is 10.9. The number of rotatable bonds is 4. The van der Waals surface area contributed by atoms with E-state index >= 15 is 0 Å². The van der Waals surface area contributed by atoms with E-state index in [0.717, 1.165) is 32.7 Å². The molecule has 0 saturated carbocycles. The fourth-order valence-electron chi connectivity index (χ4n) is 2.25. The Balaban J connectivity index is 2.36. The van der Waals surface area contributed by atoms with E-state index in [-0.39, 0.29) is 11.4 Å². The lowest BCUT2D eigenvalue weighted by atomic mass is 9.80. The molecule has 0 spiro atoms. The number of urea groups is 1. The molecule has 1 rings (SSSR count). The molecule has 1 saturated heterocycles. The molecule has 0 aromatic carbocycles. The molecule has 1 aliphatic heterocycles.